The summed E-state index contributed by atoms with van der Waals surface area (Å²) in [5, 5.41) is 1.62. The number of fused-ring (bicyclic) bond motifs is 9. The van der Waals surface area contributed by atoms with Crippen LogP contribution in [-0.2, 0) is 34.5 Å². The first-order chi connectivity index (χ1) is 61.7. The van der Waals surface area contributed by atoms with Crippen molar-refractivity contribution in [1.29, 1.82) is 0 Å². The number of anilines is 6. The fourth-order valence-electron chi connectivity index (χ4n) is 19.2. The fraction of sp³-hybridized carbons (Fsp3) is 0.153. The minimum Gasteiger partial charge on any atom is -0.494 e. The van der Waals surface area contributed by atoms with Crippen LogP contribution in [0.3, 0.4) is 0 Å². The molecule has 16 aromatic carbocycles. The summed E-state index contributed by atoms with van der Waals surface area (Å²) in [6.07, 6.45) is 9.26. The lowest BCUT2D eigenvalue weighted by Gasteiger charge is -2.35. The van der Waals surface area contributed by atoms with Crippen molar-refractivity contribution in [3.63, 3.8) is 0 Å². The summed E-state index contributed by atoms with van der Waals surface area (Å²) in [7, 11) is 0. The van der Waals surface area contributed by atoms with Crippen LogP contribution in [0.25, 0.3) is 78.6 Å². The van der Waals surface area contributed by atoms with Gasteiger partial charge in [-0.05, 0) is 281 Å². The van der Waals surface area contributed by atoms with Gasteiger partial charge in [0.1, 0.15) is 22.7 Å². The van der Waals surface area contributed by atoms with E-state index in [-0.39, 0.29) is 10.8 Å². The van der Waals surface area contributed by atoms with Crippen LogP contribution in [-0.4, -0.2) is 13.2 Å². The predicted molar refractivity (Wildman–Crippen MR) is 516 cm³/mol. The lowest BCUT2D eigenvalue weighted by Crippen LogP contribution is -2.29. The average molecular weight is 1670 g/mol. The van der Waals surface area contributed by atoms with Gasteiger partial charge in [0.05, 0.1) is 24.0 Å². The van der Waals surface area contributed by atoms with Gasteiger partial charge in [-0.15, -0.1) is 0 Å². The van der Waals surface area contributed by atoms with Crippen molar-refractivity contribution in [3.05, 3.63) is 466 Å². The van der Waals surface area contributed by atoms with E-state index in [1.807, 2.05) is 131 Å². The Hall–Kier alpha value is -14.3. The number of hydrogen-bond acceptors (Lipinski definition) is 5. The van der Waals surface area contributed by atoms with Crippen molar-refractivity contribution in [1.82, 2.24) is 0 Å². The molecule has 19 rings (SSSR count). The number of ether oxygens (including phenoxy) is 2. The maximum Gasteiger partial charge on any atom is 0.160 e. The summed E-state index contributed by atoms with van der Waals surface area (Å²) >= 11 is 0. The number of rotatable bonds is 26. The molecule has 5 nitrogen and oxygen atoms in total. The molecule has 1 heterocycles. The van der Waals surface area contributed by atoms with Gasteiger partial charge in [0.15, 0.2) is 23.3 Å². The zero-order valence-corrected chi connectivity index (χ0v) is 72.3. The second kappa shape index (κ2) is 34.0. The van der Waals surface area contributed by atoms with E-state index in [0.717, 1.165) is 151 Å². The van der Waals surface area contributed by atoms with Crippen LogP contribution in [0.4, 0.5) is 51.7 Å². The highest BCUT2D eigenvalue weighted by molar-refractivity contribution is 6.08. The molecule has 0 fully saturated rings. The zero-order chi connectivity index (χ0) is 87.3. The maximum absolute atomic E-state index is 16.0. The van der Waals surface area contributed by atoms with Crippen LogP contribution in [0.15, 0.2) is 369 Å². The molecule has 127 heavy (non-hydrogen) atoms. The summed E-state index contributed by atoms with van der Waals surface area (Å²) in [6.45, 7) is 22.5. The van der Waals surface area contributed by atoms with Crippen molar-refractivity contribution < 1.29 is 31.5 Å². The molecule has 626 valence electrons. The zero-order valence-electron chi connectivity index (χ0n) is 72.3. The molecule has 2 unspecified atom stereocenters. The quantitative estimate of drug-likeness (QED) is 0.0399. The van der Waals surface area contributed by atoms with Crippen molar-refractivity contribution >= 4 is 68.2 Å². The van der Waals surface area contributed by atoms with Gasteiger partial charge in [-0.1, -0.05) is 285 Å². The molecule has 0 aliphatic heterocycles. The van der Waals surface area contributed by atoms with Crippen LogP contribution in [0.2, 0.25) is 0 Å². The largest absolute Gasteiger partial charge is 0.494 e. The van der Waals surface area contributed by atoms with Crippen LogP contribution in [0.1, 0.15) is 145 Å². The highest BCUT2D eigenvalue weighted by Gasteiger charge is 2.48. The Labute approximate surface area is 741 Å². The number of nitrogens with zero attached hydrogens (tertiary/aromatic N) is 2. The molecule has 0 radical (unpaired) electrons. The van der Waals surface area contributed by atoms with Gasteiger partial charge in [0.25, 0.3) is 0 Å². The second-order valence-electron chi connectivity index (χ2n) is 35.7. The minimum atomic E-state index is -0.992. The summed E-state index contributed by atoms with van der Waals surface area (Å²) in [5.74, 6) is -2.20. The van der Waals surface area contributed by atoms with E-state index in [1.54, 1.807) is 12.1 Å². The van der Waals surface area contributed by atoms with E-state index in [4.69, 9.17) is 13.9 Å². The molecule has 0 saturated carbocycles. The lowest BCUT2D eigenvalue weighted by atomic mass is 9.67. The number of hydrogen-bond donors (Lipinski definition) is 0. The molecule has 2 aliphatic rings. The highest BCUT2D eigenvalue weighted by Crippen LogP contribution is 2.60. The van der Waals surface area contributed by atoms with E-state index in [9.17, 15) is 0 Å². The van der Waals surface area contributed by atoms with E-state index >= 15 is 17.6 Å². The first kappa shape index (κ1) is 82.3. The van der Waals surface area contributed by atoms with Gasteiger partial charge in [0.2, 0.25) is 0 Å². The third-order valence-corrected chi connectivity index (χ3v) is 25.9. The number of unbranched alkanes of at least 4 members (excludes halogenated alkanes) is 2. The Bertz CT molecular complexity index is 6580. The van der Waals surface area contributed by atoms with Crippen molar-refractivity contribution in [2.75, 3.05) is 23.0 Å². The number of aryl methyl sites for hydroxylation is 2. The topological polar surface area (TPSA) is 38.1 Å². The predicted octanol–water partition coefficient (Wildman–Crippen LogP) is 31.8. The molecule has 0 N–H and O–H groups in total. The molecule has 1 aromatic heterocycles. The smallest absolute Gasteiger partial charge is 0.160 e. The summed E-state index contributed by atoms with van der Waals surface area (Å²) in [4.78, 5) is 3.85. The third-order valence-electron chi connectivity index (χ3n) is 25.9. The number of furan rings is 1. The summed E-state index contributed by atoms with van der Waals surface area (Å²) < 4.78 is 81.7. The van der Waals surface area contributed by atoms with Gasteiger partial charge >= 0.3 is 0 Å². The molecule has 0 saturated heterocycles. The van der Waals surface area contributed by atoms with E-state index in [2.05, 4.69) is 261 Å². The standard InChI is InChI=1S/C118H98F4N2O3/c1-9-77-35-57-97(58-36-77)125-67-17-15-21-79-31-41-87(42-32-79)117(89-49-45-85(46-50-89)115(3,4)5)105-29-13-11-27-99(105)101-61-39-83(71-107(101)117)81-23-19-25-91(69-81)123(93-55-65-109(119)111(121)73-93)95-53-63-103-104-64-54-96(76-114(104)127-113(103)75-95)124(94-56-66-110(120)112(122)74-94)92-26-20-24-82(70-92)84-40-62-102-100-28-12-14-30-106(100)118(108(102)72-84,90-51-47-86(48-52-90)116(6,7)8)88-43-33-80(34-44-88)22-16-18-68-126-98-59-37-78(10-2)38-60-98/h9-14,19-20,23-66,69-76H,1-2,15-18,21-22,67-68H2,3-8H3. The van der Waals surface area contributed by atoms with Crippen LogP contribution in [0.5, 0.6) is 11.5 Å². The molecule has 0 spiro atoms. The normalized spacial score (nSPS) is 14.4. The van der Waals surface area contributed by atoms with Crippen molar-refractivity contribution in [3.8, 4) is 56.0 Å². The van der Waals surface area contributed by atoms with Crippen LogP contribution in [0, 0.1) is 23.3 Å². The van der Waals surface area contributed by atoms with E-state index in [0.29, 0.717) is 58.5 Å². The number of halogens is 4. The minimum absolute atomic E-state index is 0.0711. The number of benzene rings is 16. The van der Waals surface area contributed by atoms with Crippen molar-refractivity contribution in [2.45, 2.75) is 102 Å². The van der Waals surface area contributed by atoms with Crippen LogP contribution >= 0.6 is 0 Å². The van der Waals surface area contributed by atoms with Gasteiger partial charge in [0, 0.05) is 69.2 Å². The average Bonchev–Trinajstić information content (AvgIpc) is 1.54. The lowest BCUT2D eigenvalue weighted by molar-refractivity contribution is 0.307. The van der Waals surface area contributed by atoms with E-state index in [1.165, 1.54) is 56.6 Å². The SMILES string of the molecule is C=Cc1ccc(OCCCCc2ccc(C3(c4ccc(C(C)(C)C)cc4)c4ccccc4-c4ccc(-c5cccc(N(c6ccc(F)c(F)c6)c6ccc7c(c6)oc6cc(N(c8cccc(-c9ccc%10c(c9)C(c9ccc(CCCCOc%11ccc(C=C)cc%11)cc9)(c9ccc(C(C)(C)C)cc9)c9ccccc9-%10)c8)c8ccc(F)c(F)c8)ccc67)c5)cc43)cc2)cc1. The summed E-state index contributed by atoms with van der Waals surface area (Å²) in [6, 6.07) is 120. The molecular formula is C118H98F4N2O3. The Morgan fingerprint density at radius 1 is 0.307 bits per heavy atom. The monoisotopic (exact) mass is 1670 g/mol. The molecule has 17 aromatic rings. The molecular weight excluding hydrogens is 1570 g/mol. The fourth-order valence-corrected chi connectivity index (χ4v) is 19.2. The highest BCUT2D eigenvalue weighted by atomic mass is 19.2. The van der Waals surface area contributed by atoms with Gasteiger partial charge in [-0.25, -0.2) is 17.6 Å². The molecule has 2 aliphatic carbocycles. The Morgan fingerprint density at radius 3 is 1.03 bits per heavy atom. The summed E-state index contributed by atoms with van der Waals surface area (Å²) in [5.41, 5.74) is 27.8. The van der Waals surface area contributed by atoms with Gasteiger partial charge < -0.3 is 23.7 Å². The molecule has 0 bridgehead atoms. The first-order valence-electron chi connectivity index (χ1n) is 44.0. The van der Waals surface area contributed by atoms with E-state index < -0.39 is 34.1 Å². The van der Waals surface area contributed by atoms with Gasteiger partial charge in [-0.2, -0.15) is 0 Å². The van der Waals surface area contributed by atoms with Crippen molar-refractivity contribution in [2.24, 2.45) is 0 Å². The van der Waals surface area contributed by atoms with Crippen LogP contribution < -0.4 is 19.3 Å². The Kier molecular flexibility index (Phi) is 22.0. The molecule has 0 amide bonds. The third kappa shape index (κ3) is 15.6. The first-order valence-corrected chi connectivity index (χ1v) is 44.0. The Morgan fingerprint density at radius 2 is 0.654 bits per heavy atom. The second-order valence-corrected chi connectivity index (χ2v) is 35.7. The molecule has 9 heteroatoms. The van der Waals surface area contributed by atoms with Gasteiger partial charge in [-0.3, -0.25) is 0 Å². The maximum atomic E-state index is 16.0. The molecule has 2 atom stereocenters. The Balaban J connectivity index is 0.657.